The van der Waals surface area contributed by atoms with Gasteiger partial charge in [0.15, 0.2) is 5.96 Å². The van der Waals surface area contributed by atoms with E-state index in [-0.39, 0.29) is 66.7 Å². The third-order valence-corrected chi connectivity index (χ3v) is 15.6. The molecule has 0 bridgehead atoms. The summed E-state index contributed by atoms with van der Waals surface area (Å²) in [4.78, 5) is 75.5. The van der Waals surface area contributed by atoms with Crippen molar-refractivity contribution < 1.29 is 42.9 Å². The number of aromatic amines is 1. The molecule has 12 N–H and O–H groups in total. The molecule has 4 amide bonds. The average molecular weight is 1060 g/mol. The zero-order chi connectivity index (χ0) is 54.1. The first-order valence-corrected chi connectivity index (χ1v) is 27.5. The Morgan fingerprint density at radius 3 is 2.45 bits per heavy atom. The molecule has 7 rings (SSSR count). The minimum atomic E-state index is -1.03. The number of benzene rings is 4. The quantitative estimate of drug-likeness (QED) is 0.0171. The predicted molar refractivity (Wildman–Crippen MR) is 296 cm³/mol. The van der Waals surface area contributed by atoms with Crippen LogP contribution in [-0.2, 0) is 41.6 Å². The van der Waals surface area contributed by atoms with E-state index in [0.29, 0.717) is 97.6 Å². The Kier molecular flexibility index (Phi) is 20.4. The van der Waals surface area contributed by atoms with Crippen molar-refractivity contribution in [2.24, 2.45) is 29.2 Å². The van der Waals surface area contributed by atoms with Crippen molar-refractivity contribution in [3.05, 3.63) is 108 Å². The number of nitrogens with zero attached hydrogens (tertiary/aromatic N) is 1. The highest BCUT2D eigenvalue weighted by molar-refractivity contribution is 6.15. The number of anilines is 2. The molecule has 2 aliphatic rings. The molecule has 1 unspecified atom stereocenters. The van der Waals surface area contributed by atoms with Crippen LogP contribution in [0.4, 0.5) is 15.8 Å². The van der Waals surface area contributed by atoms with Gasteiger partial charge < -0.3 is 62.5 Å². The van der Waals surface area contributed by atoms with Crippen LogP contribution < -0.4 is 47.7 Å². The van der Waals surface area contributed by atoms with Crippen molar-refractivity contribution in [2.45, 2.75) is 88.4 Å². The van der Waals surface area contributed by atoms with Crippen LogP contribution in [0.25, 0.3) is 22.0 Å². The highest BCUT2D eigenvalue weighted by Crippen LogP contribution is 2.31. The van der Waals surface area contributed by atoms with Crippen LogP contribution in [0.3, 0.4) is 0 Å². The molecular formula is C56H73FN10O8Si. The van der Waals surface area contributed by atoms with Crippen LogP contribution in [0.15, 0.2) is 91.1 Å². The van der Waals surface area contributed by atoms with Crippen molar-refractivity contribution in [1.82, 2.24) is 26.3 Å². The number of methoxy groups -OCH3 is 1. The Labute approximate surface area is 445 Å². The molecule has 0 radical (unpaired) electrons. The van der Waals surface area contributed by atoms with E-state index >= 15 is 4.39 Å². The number of ketones is 1. The van der Waals surface area contributed by atoms with Crippen molar-refractivity contribution in [2.75, 3.05) is 56.7 Å². The third kappa shape index (κ3) is 15.9. The molecule has 1 saturated carbocycles. The second-order valence-electron chi connectivity index (χ2n) is 20.0. The molecule has 18 nitrogen and oxygen atoms in total. The highest BCUT2D eigenvalue weighted by Gasteiger charge is 2.33. The van der Waals surface area contributed by atoms with Gasteiger partial charge in [0, 0.05) is 101 Å². The number of phenols is 1. The van der Waals surface area contributed by atoms with Gasteiger partial charge in [-0.15, -0.1) is 0 Å². The number of morpholine rings is 1. The van der Waals surface area contributed by atoms with Crippen LogP contribution >= 0.6 is 0 Å². The Balaban J connectivity index is 1.08. The third-order valence-electron chi connectivity index (χ3n) is 14.5. The largest absolute Gasteiger partial charge is 0.508 e. The van der Waals surface area contributed by atoms with Gasteiger partial charge in [-0.3, -0.25) is 29.4 Å². The fourth-order valence-electron chi connectivity index (χ4n) is 10.3. The first-order valence-electron chi connectivity index (χ1n) is 26.3. The van der Waals surface area contributed by atoms with E-state index in [1.54, 1.807) is 43.6 Å². The maximum atomic E-state index is 15.1. The van der Waals surface area contributed by atoms with Crippen molar-refractivity contribution >= 4 is 67.9 Å². The maximum Gasteiger partial charge on any atom is 0.243 e. The molecule has 2 fully saturated rings. The number of rotatable bonds is 25. The summed E-state index contributed by atoms with van der Waals surface area (Å²) in [6.07, 6.45) is 6.51. The molecule has 2 heterocycles. The number of para-hydroxylation sites is 1. The minimum absolute atomic E-state index is 0.0236. The number of guanidine groups is 1. The number of Topliss-reactive ketones (excluding diaryl/α,β-unsaturated/α-hetero) is 1. The minimum Gasteiger partial charge on any atom is -0.508 e. The van der Waals surface area contributed by atoms with Gasteiger partial charge in [-0.1, -0.05) is 55.3 Å². The fraction of sp³-hybridized carbons (Fsp3) is 0.429. The van der Waals surface area contributed by atoms with Gasteiger partial charge in [-0.05, 0) is 104 Å². The molecule has 1 aromatic heterocycles. The predicted octanol–water partition coefficient (Wildman–Crippen LogP) is 4.11. The summed E-state index contributed by atoms with van der Waals surface area (Å²) in [6.45, 7) is 2.09. The van der Waals surface area contributed by atoms with E-state index in [4.69, 9.17) is 26.4 Å². The van der Waals surface area contributed by atoms with Gasteiger partial charge in [-0.2, -0.15) is 0 Å². The molecule has 1 saturated heterocycles. The number of fused-ring (bicyclic) bond motifs is 1. The number of hydrogen-bond acceptors (Lipinski definition) is 11. The number of phenolic OH excluding ortho intramolecular Hbond substituents is 1. The Morgan fingerprint density at radius 1 is 0.934 bits per heavy atom. The second kappa shape index (κ2) is 27.5. The van der Waals surface area contributed by atoms with Crippen LogP contribution in [0.5, 0.6) is 11.5 Å². The first kappa shape index (κ1) is 56.4. The molecule has 4 aromatic carbocycles. The number of carbonyl (C=O) groups is 5. The molecule has 406 valence electrons. The molecular weight excluding hydrogens is 988 g/mol. The molecule has 1 aliphatic heterocycles. The molecule has 20 heteroatoms. The molecule has 76 heavy (non-hydrogen) atoms. The molecule has 6 atom stereocenters. The maximum absolute atomic E-state index is 15.1. The molecule has 5 aromatic rings. The number of amides is 4. The number of carbonyl (C=O) groups excluding carboxylic acids is 5. The first-order chi connectivity index (χ1) is 36.6. The summed E-state index contributed by atoms with van der Waals surface area (Å²) in [5, 5.41) is 33.0. The Hall–Kier alpha value is -7.29. The van der Waals surface area contributed by atoms with Gasteiger partial charge in [0.1, 0.15) is 29.1 Å². The summed E-state index contributed by atoms with van der Waals surface area (Å²) < 4.78 is 26.1. The number of aromatic hydroxyl groups is 1. The number of H-pyrrole nitrogens is 1. The summed E-state index contributed by atoms with van der Waals surface area (Å²) in [5.74, 6) is -3.57. The Bertz CT molecular complexity index is 2810. The lowest BCUT2D eigenvalue weighted by atomic mass is 9.85. The number of ether oxygens (including phenoxy) is 2. The normalized spacial score (nSPS) is 17.2. The van der Waals surface area contributed by atoms with E-state index in [2.05, 4.69) is 31.6 Å². The van der Waals surface area contributed by atoms with Gasteiger partial charge in [-0.25, -0.2) is 4.39 Å². The summed E-state index contributed by atoms with van der Waals surface area (Å²) in [7, 11) is 1.95. The van der Waals surface area contributed by atoms with Crippen molar-refractivity contribution in [3.8, 4) is 22.6 Å². The molecule has 1 aliphatic carbocycles. The molecule has 0 spiro atoms. The fourth-order valence-corrected chi connectivity index (χ4v) is 11.2. The average Bonchev–Trinajstić information content (AvgIpc) is 3.82. The second-order valence-corrected chi connectivity index (χ2v) is 21.3. The van der Waals surface area contributed by atoms with E-state index in [0.717, 1.165) is 35.0 Å². The number of halogens is 1. The number of aromatic nitrogens is 1. The smallest absolute Gasteiger partial charge is 0.243 e. The summed E-state index contributed by atoms with van der Waals surface area (Å²) in [5.41, 5.74) is 15.9. The SMILES string of the molecule is COc1ccccc1-c1ccc(C[C@@H](C(=O)CC[C@@H](CCCCNC(=N)N)C(=O)NCC(=O)Nc2ccc(N3CCOCC3)c(F)c2)C([SiH3])NC(=O)[C@H](Cc2c[nH]c3ccc(O)cc23)NC(=O)[C@H]2CCC[C@H](N)C2)cc1. The lowest BCUT2D eigenvalue weighted by molar-refractivity contribution is -0.132. The van der Waals surface area contributed by atoms with Crippen LogP contribution in [-0.4, -0.2) is 120 Å². The highest BCUT2D eigenvalue weighted by atomic mass is 28.1. The number of nitrogens with one attached hydrogen (secondary N) is 7. The van der Waals surface area contributed by atoms with Gasteiger partial charge in [0.05, 0.1) is 32.6 Å². The Morgan fingerprint density at radius 2 is 1.71 bits per heavy atom. The van der Waals surface area contributed by atoms with Crippen LogP contribution in [0.2, 0.25) is 0 Å². The van der Waals surface area contributed by atoms with E-state index in [1.807, 2.05) is 53.4 Å². The monoisotopic (exact) mass is 1060 g/mol. The summed E-state index contributed by atoms with van der Waals surface area (Å²) in [6, 6.07) is 23.7. The zero-order valence-electron chi connectivity index (χ0n) is 43.4. The van der Waals surface area contributed by atoms with Gasteiger partial charge in [0.25, 0.3) is 0 Å². The van der Waals surface area contributed by atoms with E-state index in [1.165, 1.54) is 6.07 Å². The van der Waals surface area contributed by atoms with Crippen LogP contribution in [0.1, 0.15) is 68.9 Å². The van der Waals surface area contributed by atoms with Crippen molar-refractivity contribution in [3.63, 3.8) is 0 Å². The van der Waals surface area contributed by atoms with Gasteiger partial charge in [0.2, 0.25) is 23.6 Å². The topological polar surface area (TPSA) is 279 Å². The van der Waals surface area contributed by atoms with Gasteiger partial charge >= 0.3 is 0 Å². The number of nitrogens with two attached hydrogens (primary N) is 2. The van der Waals surface area contributed by atoms with E-state index in [9.17, 15) is 29.1 Å². The van der Waals surface area contributed by atoms with E-state index < -0.39 is 53.6 Å². The zero-order valence-corrected chi connectivity index (χ0v) is 45.4. The lowest BCUT2D eigenvalue weighted by Gasteiger charge is -2.30. The van der Waals surface area contributed by atoms with Crippen LogP contribution in [0, 0.1) is 29.0 Å². The standard InChI is InChI=1S/C56H73FN10O8Si/c1-74-50-11-3-2-10-42(50)35-14-12-34(13-15-35)27-44(55(76)66-54(73)47(65-53(72)37-8-6-9-39(58)28-37)29-38-32-62-46-19-18-41(68)31-43(38)46)49(69)21-16-36(7-4-5-22-61-56(59)60)52(71)63-33-51(70)64-40-17-20-48(45(57)30-40)67-23-25-75-26-24-67/h2-3,10-15,17-20,30-32,36-37,39,44,47,55,62,68H,4-9,16,21-29,33,58H2,1,76H3,(H,63,71)(H,64,70)(H,65,72)(H,66,73)(H4,59,60,61)/t36-,37+,39+,44+,47+,55?/m1/s1. The summed E-state index contributed by atoms with van der Waals surface area (Å²) >= 11 is 0. The number of hydrogen-bond donors (Lipinski definition) is 10. The lowest BCUT2D eigenvalue weighted by Crippen LogP contribution is -2.55. The number of unbranched alkanes of at least 4 members (excludes halogenated alkanes) is 1. The van der Waals surface area contributed by atoms with Crippen molar-refractivity contribution in [1.29, 1.82) is 5.41 Å².